The molecule has 8 heteroatoms. The molecule has 80 valence electrons. The molecule has 1 aliphatic rings. The van der Waals surface area contributed by atoms with Gasteiger partial charge in [-0.25, -0.2) is 0 Å². The minimum Gasteiger partial charge on any atom is -0.102 e. The Bertz CT molecular complexity index is 204. The molecular weight excluding hydrogens is 326 g/mol. The fraction of sp³-hybridized carbons (Fsp3) is 0.333. The van der Waals surface area contributed by atoms with Crippen LogP contribution in [-0.4, -0.2) is 11.5 Å². The van der Waals surface area contributed by atoms with Crippen molar-refractivity contribution < 1.29 is 0 Å². The van der Waals surface area contributed by atoms with Gasteiger partial charge >= 0.3 is 0 Å². The van der Waals surface area contributed by atoms with Crippen LogP contribution in [0.2, 0.25) is 0 Å². The minimum atomic E-state index is -0.930. The Labute approximate surface area is 112 Å². The fourth-order valence-electron chi connectivity index (χ4n) is 0.575. The van der Waals surface area contributed by atoms with Gasteiger partial charge in [0, 0.05) is 5.75 Å². The van der Waals surface area contributed by atoms with Gasteiger partial charge in [0.1, 0.15) is 32.4 Å². The summed E-state index contributed by atoms with van der Waals surface area (Å²) in [7, 11) is 1.76. The minimum absolute atomic E-state index is 0.0893. The molecule has 1 rings (SSSR count). The molecule has 0 N–H and O–H groups in total. The maximum atomic E-state index is 4.39. The van der Waals surface area contributed by atoms with Crippen molar-refractivity contribution in [3.05, 3.63) is 25.3 Å². The van der Waals surface area contributed by atoms with Gasteiger partial charge in [0.05, 0.1) is 17.1 Å². The molecule has 0 aromatic rings. The lowest BCUT2D eigenvalue weighted by Crippen LogP contribution is -1.78. The van der Waals surface area contributed by atoms with Gasteiger partial charge < -0.3 is 0 Å². The van der Waals surface area contributed by atoms with Gasteiger partial charge in [-0.15, -0.1) is 24.5 Å². The lowest BCUT2D eigenvalue weighted by molar-refractivity contribution is 1.84. The highest BCUT2D eigenvalue weighted by molar-refractivity contribution is 9.70. The number of hydrogen-bond acceptors (Lipinski definition) is 6. The van der Waals surface area contributed by atoms with E-state index >= 15 is 0 Å². The first kappa shape index (κ1) is 14.5. The maximum absolute atomic E-state index is 4.39. The highest BCUT2D eigenvalue weighted by Crippen LogP contribution is 3.18. The Balaban J connectivity index is 2.25. The first-order valence-corrected chi connectivity index (χ1v) is 16.5. The molecule has 1 saturated heterocycles. The smallest absolute Gasteiger partial charge is 0.102 e. The van der Waals surface area contributed by atoms with Crippen molar-refractivity contribution in [2.24, 2.45) is 0 Å². The third kappa shape index (κ3) is 4.37. The van der Waals surface area contributed by atoms with Crippen molar-refractivity contribution in [1.29, 1.82) is 0 Å². The molecule has 0 saturated carbocycles. The van der Waals surface area contributed by atoms with Gasteiger partial charge in [-0.3, -0.25) is 0 Å². The Hall–Kier alpha value is 2.44. The standard InChI is InChI=1S/C6H10P2S6/c1-3-5-10-7-12-8(13-7,14-9)11-6-4-2/h3-4H,1-2,5-6H2/p+1. The quantitative estimate of drug-likeness (QED) is 0.234. The van der Waals surface area contributed by atoms with Crippen LogP contribution < -0.4 is 0 Å². The van der Waals surface area contributed by atoms with Crippen LogP contribution in [0, 0.1) is 0 Å². The van der Waals surface area contributed by atoms with Crippen molar-refractivity contribution in [3.63, 3.8) is 0 Å². The summed E-state index contributed by atoms with van der Waals surface area (Å²) in [5, 5.41) is 0. The second-order valence-electron chi connectivity index (χ2n) is 2.08. The average Bonchev–Trinajstić information content (AvgIpc) is 2.16. The summed E-state index contributed by atoms with van der Waals surface area (Å²) in [6.07, 6.45) is 3.96. The number of rotatable bonds is 7. The van der Waals surface area contributed by atoms with E-state index in [1.165, 1.54) is 0 Å². The average molecular weight is 338 g/mol. The van der Waals surface area contributed by atoms with E-state index in [1.54, 1.807) is 10.4 Å². The van der Waals surface area contributed by atoms with Crippen LogP contribution in [0.1, 0.15) is 0 Å². The summed E-state index contributed by atoms with van der Waals surface area (Å²) in [5.41, 5.74) is 0.0893. The van der Waals surface area contributed by atoms with Crippen molar-refractivity contribution >= 4 is 76.4 Å². The van der Waals surface area contributed by atoms with Gasteiger partial charge in [0.15, 0.2) is 5.53 Å². The zero-order valence-electron chi connectivity index (χ0n) is 7.37. The van der Waals surface area contributed by atoms with Gasteiger partial charge in [0.25, 0.3) is 4.07 Å². The third-order valence-corrected chi connectivity index (χ3v) is 44.3. The number of hydrogen-bond donors (Lipinski definition) is 1. The zero-order chi connectivity index (χ0) is 10.4. The highest BCUT2D eigenvalue weighted by atomic mass is 34.0. The summed E-state index contributed by atoms with van der Waals surface area (Å²) in [6, 6.07) is 0. The van der Waals surface area contributed by atoms with E-state index in [0.717, 1.165) is 11.5 Å². The molecule has 0 atom stereocenters. The lowest BCUT2D eigenvalue weighted by Gasteiger charge is -2.29. The Morgan fingerprint density at radius 3 is 2.43 bits per heavy atom. The second kappa shape index (κ2) is 7.71. The summed E-state index contributed by atoms with van der Waals surface area (Å²) in [4.78, 5) is 0. The molecule has 0 bridgehead atoms. The van der Waals surface area contributed by atoms with Crippen LogP contribution in [0.4, 0.5) is 0 Å². The highest BCUT2D eigenvalue weighted by Gasteiger charge is 2.60. The predicted octanol–water partition coefficient (Wildman–Crippen LogP) is 6.79. The molecule has 1 aliphatic heterocycles. The first-order chi connectivity index (χ1) is 6.76. The van der Waals surface area contributed by atoms with E-state index in [4.69, 9.17) is 0 Å². The third-order valence-electron chi connectivity index (χ3n) is 1.08. The molecule has 0 aromatic heterocycles. The van der Waals surface area contributed by atoms with E-state index in [0.29, 0.717) is 0 Å². The van der Waals surface area contributed by atoms with E-state index in [9.17, 15) is 0 Å². The molecule has 1 fully saturated rings. The molecule has 0 amide bonds. The molecule has 0 nitrogen and oxygen atoms in total. The first-order valence-electron chi connectivity index (χ1n) is 3.67. The van der Waals surface area contributed by atoms with Gasteiger partial charge in [-0.1, -0.05) is 23.8 Å². The van der Waals surface area contributed by atoms with Crippen LogP contribution >= 0.6 is 76.4 Å². The normalized spacial score (nSPS) is 30.8. The summed E-state index contributed by atoms with van der Waals surface area (Å²) in [5.74, 6) is 2.13. The van der Waals surface area contributed by atoms with E-state index in [2.05, 4.69) is 46.8 Å². The molecule has 0 radical (unpaired) electrons. The molecular formula is C6H11P2S6+. The largest absolute Gasteiger partial charge is 0.272 e. The van der Waals surface area contributed by atoms with Crippen LogP contribution in [0.5, 0.6) is 0 Å². The van der Waals surface area contributed by atoms with E-state index in [1.807, 2.05) is 34.9 Å². The number of thiol groups is 1. The molecule has 14 heavy (non-hydrogen) atoms. The molecule has 0 aromatic carbocycles. The Morgan fingerprint density at radius 2 is 1.93 bits per heavy atom. The van der Waals surface area contributed by atoms with Gasteiger partial charge in [0.2, 0.25) is 0 Å². The van der Waals surface area contributed by atoms with Crippen molar-refractivity contribution in [3.8, 4) is 0 Å². The van der Waals surface area contributed by atoms with Crippen LogP contribution in [0.3, 0.4) is 0 Å². The summed E-state index contributed by atoms with van der Waals surface area (Å²) < 4.78 is -0.930. The van der Waals surface area contributed by atoms with Crippen molar-refractivity contribution in [1.82, 2.24) is 0 Å². The Kier molecular flexibility index (Phi) is 7.98. The van der Waals surface area contributed by atoms with Crippen LogP contribution in [0.15, 0.2) is 25.3 Å². The summed E-state index contributed by atoms with van der Waals surface area (Å²) >= 11 is 12.8. The summed E-state index contributed by atoms with van der Waals surface area (Å²) in [6.45, 7) is 7.49. The Morgan fingerprint density at radius 1 is 1.29 bits per heavy atom. The topological polar surface area (TPSA) is 0 Å². The van der Waals surface area contributed by atoms with Gasteiger partial charge in [-0.2, -0.15) is 0 Å². The second-order valence-corrected chi connectivity index (χ2v) is 28.6. The fourth-order valence-corrected chi connectivity index (χ4v) is 57.6. The SMILES string of the molecule is C=CCSP1S[P+](SS)(SCC=C)S1. The zero-order valence-corrected chi connectivity index (χ0v) is 14.1. The van der Waals surface area contributed by atoms with Crippen LogP contribution in [-0.2, 0) is 0 Å². The molecule has 0 aliphatic carbocycles. The predicted molar refractivity (Wildman–Crippen MR) is 90.9 cm³/mol. The monoisotopic (exact) mass is 337 g/mol. The van der Waals surface area contributed by atoms with Crippen molar-refractivity contribution in [2.45, 2.75) is 0 Å². The van der Waals surface area contributed by atoms with E-state index in [-0.39, 0.29) is 5.53 Å². The lowest BCUT2D eigenvalue weighted by atomic mass is 10.8. The van der Waals surface area contributed by atoms with Gasteiger partial charge in [-0.05, 0) is 0 Å². The maximum Gasteiger partial charge on any atom is 0.272 e. The van der Waals surface area contributed by atoms with E-state index < -0.39 is 4.07 Å². The van der Waals surface area contributed by atoms with Crippen molar-refractivity contribution in [2.75, 3.05) is 11.5 Å². The molecule has 0 spiro atoms. The molecule has 0 unspecified atom stereocenters. The molecule has 1 heterocycles. The van der Waals surface area contributed by atoms with Crippen LogP contribution in [0.25, 0.3) is 0 Å².